The van der Waals surface area contributed by atoms with E-state index in [9.17, 15) is 9.90 Å². The summed E-state index contributed by atoms with van der Waals surface area (Å²) >= 11 is 0. The zero-order chi connectivity index (χ0) is 26.5. The van der Waals surface area contributed by atoms with Crippen molar-refractivity contribution in [1.82, 2.24) is 5.32 Å². The highest BCUT2D eigenvalue weighted by molar-refractivity contribution is 8.76. The number of nitrogens with zero attached hydrogens (tertiary/aromatic N) is 1. The summed E-state index contributed by atoms with van der Waals surface area (Å²) in [7, 11) is 4.00. The molecular formula is C31H43N3O2S2. The van der Waals surface area contributed by atoms with Gasteiger partial charge in [-0.15, -0.1) is 0 Å². The van der Waals surface area contributed by atoms with E-state index in [1.807, 2.05) is 21.6 Å². The smallest absolute Gasteiger partial charge is 0.189 e. The summed E-state index contributed by atoms with van der Waals surface area (Å²) in [5.74, 6) is 4.64. The topological polar surface area (TPSA) is 87.7 Å². The monoisotopic (exact) mass is 553 g/mol. The zero-order valence-electron chi connectivity index (χ0n) is 22.9. The molecule has 2 heterocycles. The lowest BCUT2D eigenvalue weighted by Crippen LogP contribution is -2.61. The molecule has 5 aliphatic rings. The molecule has 2 spiro atoms. The van der Waals surface area contributed by atoms with Gasteiger partial charge in [0.2, 0.25) is 0 Å². The minimum Gasteiger partial charge on any atom is -0.396 e. The van der Waals surface area contributed by atoms with Crippen LogP contribution in [-0.4, -0.2) is 47.0 Å². The lowest BCUT2D eigenvalue weighted by atomic mass is 9.48. The van der Waals surface area contributed by atoms with Crippen molar-refractivity contribution in [3.8, 4) is 0 Å². The Morgan fingerprint density at radius 1 is 1.21 bits per heavy atom. The molecule has 38 heavy (non-hydrogen) atoms. The molecular weight excluding hydrogens is 510 g/mol. The van der Waals surface area contributed by atoms with Crippen LogP contribution in [0, 0.1) is 34.5 Å². The molecule has 0 unspecified atom stereocenters. The quantitative estimate of drug-likeness (QED) is 0.435. The molecule has 206 valence electrons. The highest BCUT2D eigenvalue weighted by Gasteiger charge is 2.68. The highest BCUT2D eigenvalue weighted by atomic mass is 33.1. The first-order valence-corrected chi connectivity index (χ1v) is 17.0. The Labute approximate surface area is 235 Å². The Hall–Kier alpha value is -1.44. The lowest BCUT2D eigenvalue weighted by Gasteiger charge is -2.55. The molecule has 1 aromatic carbocycles. The van der Waals surface area contributed by atoms with E-state index in [0.717, 1.165) is 68.6 Å². The number of benzene rings is 1. The van der Waals surface area contributed by atoms with Crippen LogP contribution in [-0.2, 0) is 11.2 Å². The van der Waals surface area contributed by atoms with Crippen molar-refractivity contribution in [3.63, 3.8) is 0 Å². The number of carbonyl (C=O) groups is 1. The molecule has 2 aliphatic heterocycles. The Kier molecular flexibility index (Phi) is 7.18. The minimum absolute atomic E-state index is 0.0529. The van der Waals surface area contributed by atoms with Crippen LogP contribution in [0.3, 0.4) is 0 Å². The van der Waals surface area contributed by atoms with Gasteiger partial charge in [0, 0.05) is 42.4 Å². The molecule has 4 N–H and O–H groups in total. The molecule has 7 heteroatoms. The highest BCUT2D eigenvalue weighted by Crippen LogP contribution is 2.74. The van der Waals surface area contributed by atoms with Crippen LogP contribution >= 0.6 is 21.6 Å². The van der Waals surface area contributed by atoms with Crippen molar-refractivity contribution in [2.45, 2.75) is 70.8 Å². The molecule has 2 saturated carbocycles. The number of guanidine groups is 1. The number of carbonyl (C=O) groups excluding carboxylic acids is 1. The fourth-order valence-electron chi connectivity index (χ4n) is 9.28. The molecule has 0 amide bonds. The van der Waals surface area contributed by atoms with Crippen LogP contribution in [0.2, 0.25) is 0 Å². The fourth-order valence-corrected chi connectivity index (χ4v) is 12.1. The predicted molar refractivity (Wildman–Crippen MR) is 159 cm³/mol. The Morgan fingerprint density at radius 3 is 2.82 bits per heavy atom. The Bertz CT molecular complexity index is 1140. The van der Waals surface area contributed by atoms with Gasteiger partial charge in [-0.3, -0.25) is 9.79 Å². The second-order valence-electron chi connectivity index (χ2n) is 12.9. The van der Waals surface area contributed by atoms with Crippen molar-refractivity contribution < 1.29 is 9.90 Å². The van der Waals surface area contributed by atoms with Gasteiger partial charge in [0.05, 0.1) is 5.54 Å². The Balaban J connectivity index is 1.33. The predicted octanol–water partition coefficient (Wildman–Crippen LogP) is 5.39. The summed E-state index contributed by atoms with van der Waals surface area (Å²) in [6, 6.07) is 10.8. The molecule has 2 fully saturated rings. The number of nitrogens with one attached hydrogen (secondary N) is 1. The van der Waals surface area contributed by atoms with Crippen LogP contribution in [0.25, 0.3) is 0 Å². The molecule has 6 rings (SSSR count). The summed E-state index contributed by atoms with van der Waals surface area (Å²) in [5, 5.41) is 14.0. The number of ketones is 1. The van der Waals surface area contributed by atoms with Crippen LogP contribution in [0.1, 0.15) is 64.4 Å². The summed E-state index contributed by atoms with van der Waals surface area (Å²) in [4.78, 5) is 18.4. The molecule has 0 radical (unpaired) electrons. The van der Waals surface area contributed by atoms with Crippen molar-refractivity contribution in [2.75, 3.05) is 24.7 Å². The first-order valence-electron chi connectivity index (χ1n) is 14.6. The van der Waals surface area contributed by atoms with Crippen molar-refractivity contribution in [2.24, 2.45) is 45.2 Å². The molecule has 0 aromatic heterocycles. The van der Waals surface area contributed by atoms with E-state index in [0.29, 0.717) is 41.8 Å². The molecule has 0 saturated heterocycles. The van der Waals surface area contributed by atoms with E-state index in [4.69, 9.17) is 5.73 Å². The third-order valence-electron chi connectivity index (χ3n) is 11.5. The van der Waals surface area contributed by atoms with Crippen molar-refractivity contribution in [3.05, 3.63) is 47.0 Å². The number of aliphatic imine (C=N–C) groups is 1. The van der Waals surface area contributed by atoms with Gasteiger partial charge in [0.1, 0.15) is 0 Å². The van der Waals surface area contributed by atoms with Gasteiger partial charge in [0.25, 0.3) is 0 Å². The van der Waals surface area contributed by atoms with Crippen molar-refractivity contribution in [1.29, 1.82) is 0 Å². The molecule has 5 bridgehead atoms. The summed E-state index contributed by atoms with van der Waals surface area (Å²) in [5.41, 5.74) is 10.3. The average Bonchev–Trinajstić information content (AvgIpc) is 3.26. The largest absolute Gasteiger partial charge is 0.396 e. The number of rotatable bonds is 3. The maximum Gasteiger partial charge on any atom is 0.189 e. The van der Waals surface area contributed by atoms with Gasteiger partial charge in [-0.25, -0.2) is 0 Å². The number of Topliss-reactive ketones (excluding diaryl/α,β-unsaturated/α-hetero) is 1. The summed E-state index contributed by atoms with van der Waals surface area (Å²) in [6.45, 7) is 5.83. The van der Waals surface area contributed by atoms with E-state index < -0.39 is 0 Å². The minimum atomic E-state index is -0.133. The summed E-state index contributed by atoms with van der Waals surface area (Å²) in [6.07, 6.45) is 7.79. The van der Waals surface area contributed by atoms with E-state index in [2.05, 4.69) is 54.5 Å². The number of aliphatic hydroxyl groups is 1. The van der Waals surface area contributed by atoms with Crippen LogP contribution in [0.5, 0.6) is 0 Å². The van der Waals surface area contributed by atoms with E-state index in [1.54, 1.807) is 0 Å². The third-order valence-corrected chi connectivity index (χ3v) is 14.0. The molecule has 5 nitrogen and oxygen atoms in total. The molecule has 1 aromatic rings. The van der Waals surface area contributed by atoms with Gasteiger partial charge < -0.3 is 16.2 Å². The van der Waals surface area contributed by atoms with E-state index in [-0.39, 0.29) is 23.0 Å². The van der Waals surface area contributed by atoms with Crippen LogP contribution < -0.4 is 11.1 Å². The number of hydrogen-bond acceptors (Lipinski definition) is 7. The van der Waals surface area contributed by atoms with Crippen LogP contribution in [0.15, 0.2) is 46.5 Å². The molecule has 3 aliphatic carbocycles. The number of nitrogens with two attached hydrogens (primary N) is 1. The number of hydrogen-bond donors (Lipinski definition) is 3. The van der Waals surface area contributed by atoms with Gasteiger partial charge in [0.15, 0.2) is 11.7 Å². The second-order valence-corrected chi connectivity index (χ2v) is 15.5. The standard InChI is InChI=1S/C31H43N3O2S2/c1-20-22(18-35)14-23-15-26-25-9-6-10-30(19-38-37-12-11-29(23,2)31(20,26)16-27(25)36)24(17-33-28(32)34-30)13-21-7-4-3-5-8-21/h3-5,7-8,20,22-24,35H,6,9-19H2,1-2H3,(H3,32,33,34)/t20-,22-,23-,24-,29+,30-,31+/m1/s1. The van der Waals surface area contributed by atoms with Gasteiger partial charge in [-0.1, -0.05) is 71.3 Å². The first-order chi connectivity index (χ1) is 18.3. The van der Waals surface area contributed by atoms with E-state index >= 15 is 0 Å². The Morgan fingerprint density at radius 2 is 2.03 bits per heavy atom. The van der Waals surface area contributed by atoms with Crippen LogP contribution in [0.4, 0.5) is 0 Å². The average molecular weight is 554 g/mol. The van der Waals surface area contributed by atoms with Crippen molar-refractivity contribution >= 4 is 33.3 Å². The number of aliphatic hydroxyl groups excluding tert-OH is 1. The van der Waals surface area contributed by atoms with Gasteiger partial charge in [-0.2, -0.15) is 0 Å². The zero-order valence-corrected chi connectivity index (χ0v) is 24.5. The van der Waals surface area contributed by atoms with Gasteiger partial charge >= 0.3 is 0 Å². The van der Waals surface area contributed by atoms with E-state index in [1.165, 1.54) is 11.1 Å². The fraction of sp³-hybridized carbons (Fsp3) is 0.677. The third kappa shape index (κ3) is 4.09. The normalized spacial score (nSPS) is 41.2. The van der Waals surface area contributed by atoms with Gasteiger partial charge in [-0.05, 0) is 79.3 Å². The first kappa shape index (κ1) is 26.8. The second kappa shape index (κ2) is 10.2. The number of allylic oxidation sites excluding steroid dienone is 2. The maximum atomic E-state index is 13.7. The maximum absolute atomic E-state index is 13.7. The summed E-state index contributed by atoms with van der Waals surface area (Å²) < 4.78 is 0. The SMILES string of the molecule is C[C@@H]1[C@@H](CO)C[C@@H]2CC3=C4CCC[C@]5(CSSCC[C@]2(C)[C@]31CC4=O)NC(N)=NC[C@H]5Cc1ccccc1. The lowest BCUT2D eigenvalue weighted by molar-refractivity contribution is -0.123. The molecule has 7 atom stereocenters.